The molecule has 1 unspecified atom stereocenters. The molecule has 0 aliphatic rings. The molecule has 1 aromatic heterocycles. The van der Waals surface area contributed by atoms with Crippen LogP contribution in [0.5, 0.6) is 0 Å². The number of nitro benzene ring substituents is 1. The number of aromatic nitrogens is 1. The monoisotopic (exact) mass is 464 g/mol. The summed E-state index contributed by atoms with van der Waals surface area (Å²) in [7, 11) is -2.29. The first kappa shape index (κ1) is 23.1. The highest BCUT2D eigenvalue weighted by atomic mass is 32.2. The van der Waals surface area contributed by atoms with Gasteiger partial charge in [-0.25, -0.2) is 17.9 Å². The smallest absolute Gasteiger partial charge is 0.407 e. The SMILES string of the molecule is COCC(C)NS(=O)(=O)c1ccc(NC(=O)Cn2c(=O)oc3cc([N+](=O)[O-])ccc32)cc1. The number of non-ortho nitro benzene ring substituents is 1. The molecule has 1 atom stereocenters. The summed E-state index contributed by atoms with van der Waals surface area (Å²) in [6.07, 6.45) is 0. The van der Waals surface area contributed by atoms with Crippen LogP contribution in [0.2, 0.25) is 0 Å². The molecule has 13 heteroatoms. The summed E-state index contributed by atoms with van der Waals surface area (Å²) in [5, 5.41) is 13.4. The van der Waals surface area contributed by atoms with Crippen molar-refractivity contribution in [2.45, 2.75) is 24.4 Å². The molecule has 1 heterocycles. The van der Waals surface area contributed by atoms with Gasteiger partial charge in [0.15, 0.2) is 5.58 Å². The van der Waals surface area contributed by atoms with Crippen molar-refractivity contribution in [2.75, 3.05) is 19.0 Å². The molecular weight excluding hydrogens is 444 g/mol. The predicted molar refractivity (Wildman–Crippen MR) is 114 cm³/mol. The average molecular weight is 464 g/mol. The molecule has 1 amide bonds. The van der Waals surface area contributed by atoms with Crippen molar-refractivity contribution in [2.24, 2.45) is 0 Å². The lowest BCUT2D eigenvalue weighted by molar-refractivity contribution is -0.384. The molecule has 0 spiro atoms. The number of carbonyl (C=O) groups is 1. The van der Waals surface area contributed by atoms with Gasteiger partial charge in [-0.2, -0.15) is 0 Å². The van der Waals surface area contributed by atoms with Gasteiger partial charge in [0.2, 0.25) is 15.9 Å². The molecule has 3 aromatic rings. The number of ether oxygens (including phenoxy) is 1. The van der Waals surface area contributed by atoms with Crippen molar-refractivity contribution in [1.82, 2.24) is 9.29 Å². The van der Waals surface area contributed by atoms with Gasteiger partial charge in [-0.15, -0.1) is 0 Å². The van der Waals surface area contributed by atoms with Gasteiger partial charge < -0.3 is 14.5 Å². The molecule has 170 valence electrons. The van der Waals surface area contributed by atoms with Gasteiger partial charge in [0.1, 0.15) is 6.54 Å². The largest absolute Gasteiger partial charge is 0.420 e. The number of rotatable bonds is 9. The number of carbonyl (C=O) groups excluding carboxylic acids is 1. The number of oxazole rings is 1. The third-order valence-electron chi connectivity index (χ3n) is 4.39. The fraction of sp³-hybridized carbons (Fsp3) is 0.263. The number of nitro groups is 1. The summed E-state index contributed by atoms with van der Waals surface area (Å²) in [5.74, 6) is -1.41. The van der Waals surface area contributed by atoms with E-state index in [1.165, 1.54) is 43.5 Å². The molecular formula is C19H20N4O8S. The number of anilines is 1. The second kappa shape index (κ2) is 9.30. The minimum atomic E-state index is -3.76. The molecule has 0 aliphatic carbocycles. The predicted octanol–water partition coefficient (Wildman–Crippen LogP) is 1.45. The first-order valence-corrected chi connectivity index (χ1v) is 10.8. The van der Waals surface area contributed by atoms with Crippen LogP contribution in [0.4, 0.5) is 11.4 Å². The van der Waals surface area contributed by atoms with Crippen LogP contribution in [-0.4, -0.2) is 43.6 Å². The van der Waals surface area contributed by atoms with Crippen molar-refractivity contribution in [3.63, 3.8) is 0 Å². The molecule has 2 N–H and O–H groups in total. The molecule has 3 rings (SSSR count). The zero-order valence-corrected chi connectivity index (χ0v) is 17.9. The van der Waals surface area contributed by atoms with Gasteiger partial charge >= 0.3 is 5.76 Å². The van der Waals surface area contributed by atoms with Crippen LogP contribution in [0, 0.1) is 10.1 Å². The van der Waals surface area contributed by atoms with E-state index in [2.05, 4.69) is 10.0 Å². The highest BCUT2D eigenvalue weighted by molar-refractivity contribution is 7.89. The Balaban J connectivity index is 1.71. The van der Waals surface area contributed by atoms with Crippen LogP contribution >= 0.6 is 0 Å². The lowest BCUT2D eigenvalue weighted by Crippen LogP contribution is -2.35. The topological polar surface area (TPSA) is 163 Å². The Hall–Kier alpha value is -3.55. The summed E-state index contributed by atoms with van der Waals surface area (Å²) in [6, 6.07) is 8.68. The second-order valence-corrected chi connectivity index (χ2v) is 8.63. The number of fused-ring (bicyclic) bond motifs is 1. The lowest BCUT2D eigenvalue weighted by Gasteiger charge is -2.13. The van der Waals surface area contributed by atoms with E-state index < -0.39 is 39.2 Å². The maximum Gasteiger partial charge on any atom is 0.420 e. The van der Waals surface area contributed by atoms with E-state index in [9.17, 15) is 28.1 Å². The molecule has 0 bridgehead atoms. The van der Waals surface area contributed by atoms with Gasteiger partial charge in [0, 0.05) is 24.9 Å². The number of amides is 1. The number of methoxy groups -OCH3 is 1. The molecule has 32 heavy (non-hydrogen) atoms. The Kier molecular flexibility index (Phi) is 6.72. The quantitative estimate of drug-likeness (QED) is 0.355. The fourth-order valence-electron chi connectivity index (χ4n) is 3.00. The number of sulfonamides is 1. The van der Waals surface area contributed by atoms with Crippen LogP contribution in [0.15, 0.2) is 56.6 Å². The summed E-state index contributed by atoms with van der Waals surface area (Å²) in [6.45, 7) is 1.47. The van der Waals surface area contributed by atoms with Crippen LogP contribution in [0.1, 0.15) is 6.92 Å². The summed E-state index contributed by atoms with van der Waals surface area (Å²) < 4.78 is 38.1. The summed E-state index contributed by atoms with van der Waals surface area (Å²) >= 11 is 0. The Morgan fingerprint density at radius 1 is 1.25 bits per heavy atom. The van der Waals surface area contributed by atoms with Crippen LogP contribution in [0.25, 0.3) is 11.1 Å². The Bertz CT molecular complexity index is 1310. The number of nitrogens with zero attached hydrogens (tertiary/aromatic N) is 2. The van der Waals surface area contributed by atoms with Crippen molar-refractivity contribution in [3.8, 4) is 0 Å². The van der Waals surface area contributed by atoms with Crippen LogP contribution < -0.4 is 15.8 Å². The standard InChI is InChI=1S/C19H20N4O8S/c1-12(11-30-2)21-32(28,29)15-6-3-13(4-7-15)20-18(24)10-22-16-8-5-14(23(26)27)9-17(16)31-19(22)25/h3-9,12,21H,10-11H2,1-2H3,(H,20,24). The first-order valence-electron chi connectivity index (χ1n) is 9.29. The number of hydrogen-bond donors (Lipinski definition) is 2. The number of benzene rings is 2. The van der Waals surface area contributed by atoms with E-state index in [1.54, 1.807) is 6.92 Å². The highest BCUT2D eigenvalue weighted by Crippen LogP contribution is 2.20. The maximum atomic E-state index is 12.4. The van der Waals surface area contributed by atoms with Gasteiger partial charge in [0.25, 0.3) is 5.69 Å². The average Bonchev–Trinajstić information content (AvgIpc) is 3.02. The maximum absolute atomic E-state index is 12.4. The molecule has 12 nitrogen and oxygen atoms in total. The number of hydrogen-bond acceptors (Lipinski definition) is 8. The zero-order chi connectivity index (χ0) is 23.5. The van der Waals surface area contributed by atoms with Crippen molar-refractivity contribution < 1.29 is 27.3 Å². The lowest BCUT2D eigenvalue weighted by atomic mass is 10.3. The van der Waals surface area contributed by atoms with E-state index in [4.69, 9.17) is 9.15 Å². The van der Waals surface area contributed by atoms with Gasteiger partial charge in [-0.3, -0.25) is 19.5 Å². The normalized spacial score (nSPS) is 12.6. The Morgan fingerprint density at radius 3 is 2.56 bits per heavy atom. The molecule has 0 saturated carbocycles. The van der Waals surface area contributed by atoms with Gasteiger partial charge in [-0.1, -0.05) is 0 Å². The van der Waals surface area contributed by atoms with Crippen molar-refractivity contribution >= 4 is 38.4 Å². The van der Waals surface area contributed by atoms with Crippen molar-refractivity contribution in [1.29, 1.82) is 0 Å². The van der Waals surface area contributed by atoms with E-state index in [0.717, 1.165) is 10.6 Å². The minimum absolute atomic E-state index is 0.0112. The summed E-state index contributed by atoms with van der Waals surface area (Å²) in [5.41, 5.74) is 0.287. The molecule has 2 aromatic carbocycles. The van der Waals surface area contributed by atoms with E-state index in [1.807, 2.05) is 0 Å². The van der Waals surface area contributed by atoms with E-state index in [0.29, 0.717) is 5.69 Å². The number of nitrogens with one attached hydrogen (secondary N) is 2. The van der Waals surface area contributed by atoms with Crippen molar-refractivity contribution in [3.05, 3.63) is 63.1 Å². The van der Waals surface area contributed by atoms with Gasteiger partial charge in [0.05, 0.1) is 28.0 Å². The van der Waals surface area contributed by atoms with E-state index >= 15 is 0 Å². The molecule has 0 aliphatic heterocycles. The molecule has 0 fully saturated rings. The van der Waals surface area contributed by atoms with Crippen LogP contribution in [0.3, 0.4) is 0 Å². The van der Waals surface area contributed by atoms with Crippen LogP contribution in [-0.2, 0) is 26.1 Å². The van der Waals surface area contributed by atoms with Gasteiger partial charge in [-0.05, 0) is 37.3 Å². The highest BCUT2D eigenvalue weighted by Gasteiger charge is 2.18. The fourth-order valence-corrected chi connectivity index (χ4v) is 4.23. The molecule has 0 saturated heterocycles. The third-order valence-corrected chi connectivity index (χ3v) is 5.99. The Morgan fingerprint density at radius 2 is 1.94 bits per heavy atom. The third kappa shape index (κ3) is 5.19. The second-order valence-electron chi connectivity index (χ2n) is 6.91. The molecule has 0 radical (unpaired) electrons. The Labute approximate surface area is 182 Å². The first-order chi connectivity index (χ1) is 15.1. The zero-order valence-electron chi connectivity index (χ0n) is 17.1. The minimum Gasteiger partial charge on any atom is -0.407 e. The van der Waals surface area contributed by atoms with E-state index in [-0.39, 0.29) is 28.3 Å². The summed E-state index contributed by atoms with van der Waals surface area (Å²) in [4.78, 5) is 34.7.